The smallest absolute Gasteiger partial charge is 0.314 e. The third kappa shape index (κ3) is 12.2. The Morgan fingerprint density at radius 3 is 1.40 bits per heavy atom. The number of fused-ring (bicyclic) bond motifs is 1. The molecule has 0 atom stereocenters. The van der Waals surface area contributed by atoms with E-state index in [1.54, 1.807) is 12.1 Å². The molecular weight excluding hydrogens is 779 g/mol. The van der Waals surface area contributed by atoms with Gasteiger partial charge in [0.2, 0.25) is 0 Å². The molecule has 2 fully saturated rings. The van der Waals surface area contributed by atoms with Gasteiger partial charge in [-0.25, -0.2) is 4.98 Å². The Labute approximate surface area is 365 Å². The van der Waals surface area contributed by atoms with Crippen molar-refractivity contribution in [2.24, 2.45) is 11.8 Å². The van der Waals surface area contributed by atoms with Gasteiger partial charge < -0.3 is 18.9 Å². The summed E-state index contributed by atoms with van der Waals surface area (Å²) < 4.78 is 23.7. The molecule has 0 amide bonds. The van der Waals surface area contributed by atoms with Crippen molar-refractivity contribution < 1.29 is 38.1 Å². The maximum atomic E-state index is 13.6. The highest BCUT2D eigenvalue weighted by Gasteiger charge is 2.32. The second-order valence-electron chi connectivity index (χ2n) is 16.9. The largest absolute Gasteiger partial charge is 0.462 e. The highest BCUT2D eigenvalue weighted by Crippen LogP contribution is 2.37. The summed E-state index contributed by atoms with van der Waals surface area (Å²) in [5.74, 6) is -1.21. The van der Waals surface area contributed by atoms with Gasteiger partial charge in [-0.05, 0) is 124 Å². The number of pyridine rings is 1. The molecule has 9 nitrogen and oxygen atoms in total. The van der Waals surface area contributed by atoms with Crippen molar-refractivity contribution in [3.05, 3.63) is 125 Å². The monoisotopic (exact) mass is 837 g/mol. The van der Waals surface area contributed by atoms with Gasteiger partial charge in [-0.3, -0.25) is 19.2 Å². The summed E-state index contributed by atoms with van der Waals surface area (Å²) in [5, 5.41) is 0.554. The topological polar surface area (TPSA) is 118 Å². The molecule has 0 radical (unpaired) electrons. The Bertz CT molecular complexity index is 2270. The van der Waals surface area contributed by atoms with Gasteiger partial charge in [0.25, 0.3) is 0 Å². The molecule has 0 bridgehead atoms. The zero-order valence-electron chi connectivity index (χ0n) is 36.2. The highest BCUT2D eigenvalue weighted by atomic mass is 16.6. The summed E-state index contributed by atoms with van der Waals surface area (Å²) in [7, 11) is 0. The van der Waals surface area contributed by atoms with Gasteiger partial charge in [0.15, 0.2) is 5.75 Å². The van der Waals surface area contributed by atoms with Gasteiger partial charge in [0.1, 0.15) is 23.5 Å². The minimum Gasteiger partial charge on any atom is -0.462 e. The van der Waals surface area contributed by atoms with E-state index < -0.39 is 0 Å². The molecule has 0 unspecified atom stereocenters. The molecule has 324 valence electrons. The van der Waals surface area contributed by atoms with E-state index in [1.807, 2.05) is 42.5 Å². The zero-order chi connectivity index (χ0) is 43.3. The molecule has 62 heavy (non-hydrogen) atoms. The first-order valence-corrected chi connectivity index (χ1v) is 22.7. The average molecular weight is 838 g/mol. The van der Waals surface area contributed by atoms with Crippen molar-refractivity contribution in [2.45, 2.75) is 129 Å². The lowest BCUT2D eigenvalue weighted by molar-refractivity contribution is -0.153. The Morgan fingerprint density at radius 2 is 0.935 bits per heavy atom. The van der Waals surface area contributed by atoms with Crippen LogP contribution in [0.1, 0.15) is 113 Å². The fourth-order valence-electron chi connectivity index (χ4n) is 8.63. The van der Waals surface area contributed by atoms with E-state index in [9.17, 15) is 19.2 Å². The van der Waals surface area contributed by atoms with Crippen LogP contribution >= 0.6 is 0 Å². The van der Waals surface area contributed by atoms with Crippen LogP contribution in [0, 0.1) is 11.8 Å². The van der Waals surface area contributed by atoms with E-state index >= 15 is 0 Å². The fraction of sp³-hybridized carbons (Fsp3) is 0.415. The maximum absolute atomic E-state index is 13.6. The van der Waals surface area contributed by atoms with Crippen molar-refractivity contribution in [1.29, 1.82) is 0 Å². The molecule has 5 aromatic rings. The quantitative estimate of drug-likeness (QED) is 0.0666. The predicted octanol–water partition coefficient (Wildman–Crippen LogP) is 11.1. The van der Waals surface area contributed by atoms with Gasteiger partial charge in [-0.2, -0.15) is 0 Å². The molecule has 2 aliphatic carbocycles. The lowest BCUT2D eigenvalue weighted by Gasteiger charge is -2.27. The lowest BCUT2D eigenvalue weighted by atomic mass is 9.87. The molecule has 0 N–H and O–H groups in total. The van der Waals surface area contributed by atoms with Gasteiger partial charge in [-0.15, -0.1) is 0 Å². The van der Waals surface area contributed by atoms with E-state index in [-0.39, 0.29) is 53.7 Å². The number of hydrogen-bond acceptors (Lipinski definition) is 9. The summed E-state index contributed by atoms with van der Waals surface area (Å²) in [6.07, 6.45) is 10.3. The van der Waals surface area contributed by atoms with Crippen LogP contribution in [0.25, 0.3) is 22.2 Å². The van der Waals surface area contributed by atoms with Crippen LogP contribution in [0.2, 0.25) is 0 Å². The van der Waals surface area contributed by atoms with Crippen LogP contribution in [-0.2, 0) is 54.3 Å². The standard InChI is InChI=1S/C53H59NO8/c1-3-8-36-12-16-38(17-13-36)20-34-49(55)59-43-26-22-41(23-27-43)52(57)61-47-32-33-48(51-45(47)30-31-46(54-51)40-10-6-5-7-11-40)62-53(58)42-24-28-44(29-25-42)60-50(56)35-21-39-18-14-37(9-4-2)15-19-39/h5-7,10-19,30-33,41-44H,3-4,8-9,20-29,34-35H2,1-2H3/t41-,42-,43-,44-. The second-order valence-corrected chi connectivity index (χ2v) is 16.9. The Kier molecular flexibility index (Phi) is 15.6. The summed E-state index contributed by atoms with van der Waals surface area (Å²) in [6, 6.07) is 33.6. The van der Waals surface area contributed by atoms with Crippen molar-refractivity contribution in [3.8, 4) is 22.8 Å². The summed E-state index contributed by atoms with van der Waals surface area (Å²) in [5.41, 5.74) is 6.84. The van der Waals surface area contributed by atoms with Crippen molar-refractivity contribution in [3.63, 3.8) is 0 Å². The summed E-state index contributed by atoms with van der Waals surface area (Å²) >= 11 is 0. The van der Waals surface area contributed by atoms with Gasteiger partial charge in [0.05, 0.1) is 17.5 Å². The molecule has 1 heterocycles. The number of nitrogens with zero attached hydrogens (tertiary/aromatic N) is 1. The number of aryl methyl sites for hydroxylation is 4. The van der Waals surface area contributed by atoms with E-state index in [0.717, 1.165) is 42.4 Å². The first-order chi connectivity index (χ1) is 30.2. The molecule has 2 saturated carbocycles. The fourth-order valence-corrected chi connectivity index (χ4v) is 8.63. The molecule has 0 aliphatic heterocycles. The summed E-state index contributed by atoms with van der Waals surface area (Å²) in [6.45, 7) is 4.32. The number of benzene rings is 4. The van der Waals surface area contributed by atoms with E-state index in [2.05, 4.69) is 62.4 Å². The Morgan fingerprint density at radius 1 is 0.500 bits per heavy atom. The highest BCUT2D eigenvalue weighted by molar-refractivity contribution is 5.95. The Hall–Kier alpha value is -5.83. The normalized spacial score (nSPS) is 18.7. The maximum Gasteiger partial charge on any atom is 0.314 e. The van der Waals surface area contributed by atoms with Gasteiger partial charge in [-0.1, -0.05) is 106 Å². The molecule has 2 aliphatic rings. The number of aromatic nitrogens is 1. The number of carbonyl (C=O) groups excluding carboxylic acids is 4. The van der Waals surface area contributed by atoms with E-state index in [1.165, 1.54) is 11.1 Å². The Balaban J connectivity index is 0.924. The first-order valence-electron chi connectivity index (χ1n) is 22.7. The van der Waals surface area contributed by atoms with Crippen LogP contribution < -0.4 is 9.47 Å². The van der Waals surface area contributed by atoms with Gasteiger partial charge in [0, 0.05) is 23.8 Å². The van der Waals surface area contributed by atoms with Crippen molar-refractivity contribution >= 4 is 34.8 Å². The van der Waals surface area contributed by atoms with Crippen LogP contribution in [0.5, 0.6) is 11.5 Å². The molecule has 1 aromatic heterocycles. The number of hydrogen-bond donors (Lipinski definition) is 0. The predicted molar refractivity (Wildman–Crippen MR) is 240 cm³/mol. The molecule has 9 heteroatoms. The number of ether oxygens (including phenoxy) is 4. The number of carbonyl (C=O) groups is 4. The molecule has 0 saturated heterocycles. The second kappa shape index (κ2) is 21.8. The minimum atomic E-state index is -0.363. The first kappa shape index (κ1) is 44.2. The minimum absolute atomic E-state index is 0.216. The van der Waals surface area contributed by atoms with Crippen molar-refractivity contribution in [1.82, 2.24) is 4.98 Å². The molecular formula is C53H59NO8. The molecule has 0 spiro atoms. The van der Waals surface area contributed by atoms with Crippen LogP contribution in [0.4, 0.5) is 0 Å². The lowest BCUT2D eigenvalue weighted by Crippen LogP contribution is -2.30. The average Bonchev–Trinajstić information content (AvgIpc) is 3.30. The number of rotatable bonds is 17. The zero-order valence-corrected chi connectivity index (χ0v) is 36.2. The molecule has 4 aromatic carbocycles. The van der Waals surface area contributed by atoms with E-state index in [4.69, 9.17) is 23.9 Å². The third-order valence-corrected chi connectivity index (χ3v) is 12.2. The van der Waals surface area contributed by atoms with Crippen LogP contribution in [-0.4, -0.2) is 41.1 Å². The third-order valence-electron chi connectivity index (χ3n) is 12.2. The number of esters is 4. The van der Waals surface area contributed by atoms with Crippen LogP contribution in [0.3, 0.4) is 0 Å². The SMILES string of the molecule is CCCc1ccc(CCC(=O)O[C@H]2CC[C@H](C(=O)Oc3ccc(OC(=O)[C@H]4CC[C@H](OC(=O)CCc5ccc(CCC)cc5)CC4)c4nc(-c5ccccc5)ccc34)CC2)cc1. The summed E-state index contributed by atoms with van der Waals surface area (Å²) in [4.78, 5) is 57.5. The molecule has 7 rings (SSSR count). The van der Waals surface area contributed by atoms with Crippen LogP contribution in [0.15, 0.2) is 103 Å². The van der Waals surface area contributed by atoms with E-state index in [0.29, 0.717) is 99.4 Å². The van der Waals surface area contributed by atoms with Gasteiger partial charge >= 0.3 is 23.9 Å². The van der Waals surface area contributed by atoms with Crippen molar-refractivity contribution in [2.75, 3.05) is 0 Å².